The summed E-state index contributed by atoms with van der Waals surface area (Å²) >= 11 is 0. The van der Waals surface area contributed by atoms with E-state index in [1.807, 2.05) is 0 Å². The van der Waals surface area contributed by atoms with Crippen molar-refractivity contribution >= 4 is 5.91 Å². The van der Waals surface area contributed by atoms with Crippen LogP contribution in [0.1, 0.15) is 28.7 Å². The molecular formula is C12H15N5O2. The molecule has 3 heterocycles. The minimum absolute atomic E-state index is 0.167. The highest BCUT2D eigenvalue weighted by atomic mass is 16.2. The molecule has 0 saturated carbocycles. The molecule has 0 spiro atoms. The van der Waals surface area contributed by atoms with E-state index in [1.165, 1.54) is 6.07 Å². The monoisotopic (exact) mass is 261 g/mol. The summed E-state index contributed by atoms with van der Waals surface area (Å²) in [6.45, 7) is 3.27. The number of rotatable bonds is 1. The molecule has 2 aromatic rings. The van der Waals surface area contributed by atoms with Gasteiger partial charge in [0.2, 0.25) is 0 Å². The molecule has 3 N–H and O–H groups in total. The fourth-order valence-corrected chi connectivity index (χ4v) is 2.48. The average Bonchev–Trinajstić information content (AvgIpc) is 2.94. The maximum absolute atomic E-state index is 12.3. The molecule has 1 aliphatic rings. The summed E-state index contributed by atoms with van der Waals surface area (Å²) in [6, 6.07) is 1.29. The zero-order chi connectivity index (χ0) is 13.4. The normalized spacial score (nSPS) is 19.0. The number of carbonyl (C=O) groups is 1. The van der Waals surface area contributed by atoms with Crippen LogP contribution in [0.5, 0.6) is 0 Å². The molecule has 7 heteroatoms. The molecular weight excluding hydrogens is 246 g/mol. The van der Waals surface area contributed by atoms with Gasteiger partial charge >= 0.3 is 0 Å². The van der Waals surface area contributed by atoms with Gasteiger partial charge in [-0.25, -0.2) is 0 Å². The largest absolute Gasteiger partial charge is 0.333 e. The topological polar surface area (TPSA) is 97.6 Å². The van der Waals surface area contributed by atoms with E-state index in [1.54, 1.807) is 11.1 Å². The Morgan fingerprint density at radius 3 is 3.05 bits per heavy atom. The maximum atomic E-state index is 12.3. The second-order valence-electron chi connectivity index (χ2n) is 5.04. The lowest BCUT2D eigenvalue weighted by molar-refractivity contribution is 0.0719. The van der Waals surface area contributed by atoms with Crippen LogP contribution >= 0.6 is 0 Å². The molecule has 1 unspecified atom stereocenters. The predicted octanol–water partition coefficient (Wildman–Crippen LogP) is 0.261. The van der Waals surface area contributed by atoms with Crippen LogP contribution in [0, 0.1) is 5.92 Å². The molecule has 0 radical (unpaired) electrons. The van der Waals surface area contributed by atoms with Gasteiger partial charge in [-0.2, -0.15) is 5.10 Å². The van der Waals surface area contributed by atoms with E-state index >= 15 is 0 Å². The number of nitrogens with one attached hydrogen (secondary N) is 3. The van der Waals surface area contributed by atoms with Gasteiger partial charge in [-0.1, -0.05) is 6.92 Å². The zero-order valence-electron chi connectivity index (χ0n) is 10.6. The summed E-state index contributed by atoms with van der Waals surface area (Å²) in [6.07, 6.45) is 2.64. The Morgan fingerprint density at radius 2 is 2.32 bits per heavy atom. The van der Waals surface area contributed by atoms with Crippen molar-refractivity contribution in [3.8, 4) is 0 Å². The fraction of sp³-hybridized carbons (Fsp3) is 0.417. The van der Waals surface area contributed by atoms with Gasteiger partial charge in [0.05, 0.1) is 6.20 Å². The number of fused-ring (bicyclic) bond motifs is 1. The van der Waals surface area contributed by atoms with Gasteiger partial charge in [0, 0.05) is 30.4 Å². The molecule has 1 aliphatic heterocycles. The SMILES string of the molecule is CC1Cc2[nH]ncc2CN(C(=O)c2cc(=O)[nH][nH]2)C1. The molecule has 2 aromatic heterocycles. The zero-order valence-corrected chi connectivity index (χ0v) is 10.6. The molecule has 0 fully saturated rings. The molecule has 19 heavy (non-hydrogen) atoms. The van der Waals surface area contributed by atoms with E-state index in [0.29, 0.717) is 24.7 Å². The number of aromatic amines is 3. The highest BCUT2D eigenvalue weighted by molar-refractivity contribution is 5.92. The van der Waals surface area contributed by atoms with E-state index in [9.17, 15) is 9.59 Å². The first kappa shape index (κ1) is 11.8. The van der Waals surface area contributed by atoms with Crippen molar-refractivity contribution in [2.24, 2.45) is 5.92 Å². The maximum Gasteiger partial charge on any atom is 0.272 e. The molecule has 0 aliphatic carbocycles. The quantitative estimate of drug-likeness (QED) is 0.686. The third-order valence-corrected chi connectivity index (χ3v) is 3.37. The molecule has 100 valence electrons. The summed E-state index contributed by atoms with van der Waals surface area (Å²) < 4.78 is 0. The van der Waals surface area contributed by atoms with Crippen molar-refractivity contribution < 1.29 is 4.79 Å². The number of amides is 1. The molecule has 0 aromatic carbocycles. The highest BCUT2D eigenvalue weighted by Crippen LogP contribution is 2.20. The van der Waals surface area contributed by atoms with Gasteiger partial charge in [0.15, 0.2) is 0 Å². The van der Waals surface area contributed by atoms with Crippen molar-refractivity contribution in [2.75, 3.05) is 6.54 Å². The summed E-state index contributed by atoms with van der Waals surface area (Å²) in [4.78, 5) is 25.2. The van der Waals surface area contributed by atoms with E-state index in [-0.39, 0.29) is 11.5 Å². The Hall–Kier alpha value is -2.31. The van der Waals surface area contributed by atoms with Gasteiger partial charge in [-0.15, -0.1) is 0 Å². The van der Waals surface area contributed by atoms with Crippen molar-refractivity contribution in [1.29, 1.82) is 0 Å². The summed E-state index contributed by atoms with van der Waals surface area (Å²) in [5.74, 6) is 0.176. The lowest BCUT2D eigenvalue weighted by Gasteiger charge is -2.22. The van der Waals surface area contributed by atoms with Gasteiger partial charge in [0.25, 0.3) is 11.5 Å². The third kappa shape index (κ3) is 2.18. The van der Waals surface area contributed by atoms with Crippen LogP contribution in [0.4, 0.5) is 0 Å². The molecule has 1 amide bonds. The van der Waals surface area contributed by atoms with Crippen LogP contribution in [-0.4, -0.2) is 37.7 Å². The second kappa shape index (κ2) is 4.42. The van der Waals surface area contributed by atoms with Gasteiger partial charge in [0.1, 0.15) is 5.69 Å². The summed E-state index contributed by atoms with van der Waals surface area (Å²) in [5, 5.41) is 12.0. The standard InChI is InChI=1S/C12H15N5O2/c1-7-2-9-8(4-13-14-9)6-17(5-7)12(19)10-3-11(18)16-15-10/h3-4,7H,2,5-6H2,1H3,(H,13,14)(H2,15,16,18). The van der Waals surface area contributed by atoms with E-state index in [2.05, 4.69) is 27.3 Å². The van der Waals surface area contributed by atoms with E-state index in [0.717, 1.165) is 17.7 Å². The van der Waals surface area contributed by atoms with Crippen LogP contribution in [0.15, 0.2) is 17.1 Å². The fourth-order valence-electron chi connectivity index (χ4n) is 2.48. The van der Waals surface area contributed by atoms with Gasteiger partial charge < -0.3 is 4.90 Å². The van der Waals surface area contributed by atoms with Crippen LogP contribution in [0.25, 0.3) is 0 Å². The average molecular weight is 261 g/mol. The van der Waals surface area contributed by atoms with Gasteiger partial charge in [-0.05, 0) is 12.3 Å². The Kier molecular flexibility index (Phi) is 2.73. The number of H-pyrrole nitrogens is 3. The van der Waals surface area contributed by atoms with Crippen molar-refractivity contribution in [3.63, 3.8) is 0 Å². The van der Waals surface area contributed by atoms with Crippen molar-refractivity contribution in [2.45, 2.75) is 19.9 Å². The predicted molar refractivity (Wildman–Crippen MR) is 67.6 cm³/mol. The molecule has 0 saturated heterocycles. The molecule has 7 nitrogen and oxygen atoms in total. The van der Waals surface area contributed by atoms with Crippen LogP contribution in [0.2, 0.25) is 0 Å². The summed E-state index contributed by atoms with van der Waals surface area (Å²) in [7, 11) is 0. The number of nitrogens with zero attached hydrogens (tertiary/aromatic N) is 2. The van der Waals surface area contributed by atoms with Crippen molar-refractivity contribution in [3.05, 3.63) is 39.6 Å². The number of hydrogen-bond donors (Lipinski definition) is 3. The number of carbonyl (C=O) groups excluding carboxylic acids is 1. The Labute approximate surface area is 109 Å². The second-order valence-corrected chi connectivity index (χ2v) is 5.04. The Morgan fingerprint density at radius 1 is 1.47 bits per heavy atom. The summed E-state index contributed by atoms with van der Waals surface area (Å²) in [5.41, 5.74) is 2.13. The lowest BCUT2D eigenvalue weighted by atomic mass is 10.1. The lowest BCUT2D eigenvalue weighted by Crippen LogP contribution is -2.33. The van der Waals surface area contributed by atoms with E-state index in [4.69, 9.17) is 0 Å². The molecule has 3 rings (SSSR count). The first-order valence-corrected chi connectivity index (χ1v) is 6.21. The van der Waals surface area contributed by atoms with Crippen LogP contribution in [0.3, 0.4) is 0 Å². The highest BCUT2D eigenvalue weighted by Gasteiger charge is 2.25. The van der Waals surface area contributed by atoms with Crippen LogP contribution in [-0.2, 0) is 13.0 Å². The minimum atomic E-state index is -0.296. The van der Waals surface area contributed by atoms with Crippen LogP contribution < -0.4 is 5.56 Å². The van der Waals surface area contributed by atoms with E-state index < -0.39 is 0 Å². The molecule has 1 atom stereocenters. The number of aromatic nitrogens is 4. The molecule has 0 bridgehead atoms. The first-order valence-electron chi connectivity index (χ1n) is 6.21. The Bertz CT molecular complexity index is 653. The van der Waals surface area contributed by atoms with Crippen molar-refractivity contribution in [1.82, 2.24) is 25.3 Å². The Balaban J connectivity index is 1.88. The van der Waals surface area contributed by atoms with Gasteiger partial charge in [-0.3, -0.25) is 24.9 Å². The smallest absolute Gasteiger partial charge is 0.272 e. The number of hydrogen-bond acceptors (Lipinski definition) is 3. The minimum Gasteiger partial charge on any atom is -0.333 e. The third-order valence-electron chi connectivity index (χ3n) is 3.37. The first-order chi connectivity index (χ1) is 9.13.